The van der Waals surface area contributed by atoms with Crippen LogP contribution in [-0.2, 0) is 4.79 Å². The van der Waals surface area contributed by atoms with Crippen LogP contribution in [0.2, 0.25) is 0 Å². The number of likely N-dealkylation sites (tertiary alicyclic amines) is 1. The molecule has 0 unspecified atom stereocenters. The Bertz CT molecular complexity index is 776. The van der Waals surface area contributed by atoms with E-state index in [4.69, 9.17) is 4.74 Å². The molecule has 142 valence electrons. The van der Waals surface area contributed by atoms with Crippen LogP contribution < -0.4 is 10.1 Å². The number of nitrogens with zero attached hydrogens (tertiary/aromatic N) is 1. The minimum absolute atomic E-state index is 0.0250. The van der Waals surface area contributed by atoms with E-state index in [2.05, 4.69) is 5.32 Å². The van der Waals surface area contributed by atoms with E-state index >= 15 is 0 Å². The van der Waals surface area contributed by atoms with Gasteiger partial charge in [0.25, 0.3) is 5.91 Å². The predicted molar refractivity (Wildman–Crippen MR) is 105 cm³/mol. The third-order valence-electron chi connectivity index (χ3n) is 4.61. The highest BCUT2D eigenvalue weighted by Crippen LogP contribution is 2.23. The lowest BCUT2D eigenvalue weighted by atomic mass is 10.0. The SMILES string of the molecule is CCCC(=O)N[C@@H]1CCCN(C(=O)c2cccc(Oc3ccccc3)c2)C1. The summed E-state index contributed by atoms with van der Waals surface area (Å²) >= 11 is 0. The van der Waals surface area contributed by atoms with Gasteiger partial charge >= 0.3 is 0 Å². The van der Waals surface area contributed by atoms with Gasteiger partial charge in [0.15, 0.2) is 0 Å². The molecule has 0 spiro atoms. The van der Waals surface area contributed by atoms with Gasteiger partial charge in [-0.3, -0.25) is 9.59 Å². The van der Waals surface area contributed by atoms with E-state index in [9.17, 15) is 9.59 Å². The number of carbonyl (C=O) groups is 2. The molecule has 0 saturated carbocycles. The van der Waals surface area contributed by atoms with Crippen molar-refractivity contribution < 1.29 is 14.3 Å². The lowest BCUT2D eigenvalue weighted by Crippen LogP contribution is -2.49. The molecule has 1 atom stereocenters. The number of amides is 2. The zero-order valence-corrected chi connectivity index (χ0v) is 15.7. The van der Waals surface area contributed by atoms with Crippen molar-refractivity contribution in [3.05, 3.63) is 60.2 Å². The summed E-state index contributed by atoms with van der Waals surface area (Å²) in [6.07, 6.45) is 3.16. The molecule has 0 bridgehead atoms. The first-order chi connectivity index (χ1) is 13.2. The van der Waals surface area contributed by atoms with Gasteiger partial charge in [-0.1, -0.05) is 31.2 Å². The smallest absolute Gasteiger partial charge is 0.254 e. The lowest BCUT2D eigenvalue weighted by molar-refractivity contribution is -0.122. The zero-order chi connectivity index (χ0) is 19.1. The highest BCUT2D eigenvalue weighted by molar-refractivity contribution is 5.94. The van der Waals surface area contributed by atoms with Gasteiger partial charge in [-0.05, 0) is 49.6 Å². The largest absolute Gasteiger partial charge is 0.457 e. The van der Waals surface area contributed by atoms with Crippen LogP contribution in [0.1, 0.15) is 43.0 Å². The predicted octanol–water partition coefficient (Wildman–Crippen LogP) is 4.00. The van der Waals surface area contributed by atoms with Crippen LogP contribution >= 0.6 is 0 Å². The molecule has 0 aromatic heterocycles. The van der Waals surface area contributed by atoms with Crippen LogP contribution in [0.3, 0.4) is 0 Å². The highest BCUT2D eigenvalue weighted by atomic mass is 16.5. The number of piperidine rings is 1. The summed E-state index contributed by atoms with van der Waals surface area (Å²) in [7, 11) is 0. The molecule has 2 aromatic rings. The molecule has 1 heterocycles. The van der Waals surface area contributed by atoms with Crippen molar-refractivity contribution >= 4 is 11.8 Å². The Hall–Kier alpha value is -2.82. The van der Waals surface area contributed by atoms with Crippen molar-refractivity contribution in [2.75, 3.05) is 13.1 Å². The molecule has 1 N–H and O–H groups in total. The zero-order valence-electron chi connectivity index (χ0n) is 15.7. The van der Waals surface area contributed by atoms with E-state index in [1.807, 2.05) is 54.3 Å². The summed E-state index contributed by atoms with van der Waals surface area (Å²) in [6.45, 7) is 3.25. The Labute approximate surface area is 160 Å². The number of hydrogen-bond acceptors (Lipinski definition) is 3. The Morgan fingerprint density at radius 1 is 1.11 bits per heavy atom. The standard InChI is InChI=1S/C22H26N2O3/c1-2-8-21(25)23-18-10-7-14-24(16-18)22(26)17-9-6-13-20(15-17)27-19-11-4-3-5-12-19/h3-6,9,11-13,15,18H,2,7-8,10,14,16H2,1H3,(H,23,25)/t18-/m1/s1. The van der Waals surface area contributed by atoms with Gasteiger partial charge in [-0.25, -0.2) is 0 Å². The van der Waals surface area contributed by atoms with Crippen LogP contribution in [0.15, 0.2) is 54.6 Å². The van der Waals surface area contributed by atoms with Crippen LogP contribution in [0.5, 0.6) is 11.5 Å². The molecule has 5 heteroatoms. The maximum absolute atomic E-state index is 12.9. The summed E-state index contributed by atoms with van der Waals surface area (Å²) in [6, 6.07) is 16.8. The molecule has 2 aromatic carbocycles. The fourth-order valence-corrected chi connectivity index (χ4v) is 3.31. The van der Waals surface area contributed by atoms with Crippen molar-refractivity contribution in [3.8, 4) is 11.5 Å². The van der Waals surface area contributed by atoms with E-state index in [0.29, 0.717) is 30.8 Å². The second-order valence-electron chi connectivity index (χ2n) is 6.85. The van der Waals surface area contributed by atoms with Crippen LogP contribution in [0, 0.1) is 0 Å². The van der Waals surface area contributed by atoms with E-state index in [-0.39, 0.29) is 17.9 Å². The fourth-order valence-electron chi connectivity index (χ4n) is 3.31. The minimum atomic E-state index is -0.0250. The summed E-state index contributed by atoms with van der Waals surface area (Å²) in [5, 5.41) is 3.04. The van der Waals surface area contributed by atoms with Gasteiger partial charge in [0.1, 0.15) is 11.5 Å². The van der Waals surface area contributed by atoms with E-state index in [0.717, 1.165) is 25.0 Å². The quantitative estimate of drug-likeness (QED) is 0.841. The molecule has 0 radical (unpaired) electrons. The first kappa shape index (κ1) is 19.0. The molecule has 5 nitrogen and oxygen atoms in total. The van der Waals surface area contributed by atoms with Gasteiger partial charge in [0.2, 0.25) is 5.91 Å². The van der Waals surface area contributed by atoms with Gasteiger partial charge in [0, 0.05) is 31.1 Å². The molecule has 0 aliphatic carbocycles. The molecule has 3 rings (SSSR count). The Morgan fingerprint density at radius 3 is 2.67 bits per heavy atom. The average molecular weight is 366 g/mol. The Kier molecular flexibility index (Phi) is 6.47. The van der Waals surface area contributed by atoms with Gasteiger partial charge in [-0.2, -0.15) is 0 Å². The van der Waals surface area contributed by atoms with Crippen molar-refractivity contribution in [3.63, 3.8) is 0 Å². The topological polar surface area (TPSA) is 58.6 Å². The van der Waals surface area contributed by atoms with Crippen LogP contribution in [0.25, 0.3) is 0 Å². The molecular weight excluding hydrogens is 340 g/mol. The summed E-state index contributed by atoms with van der Waals surface area (Å²) < 4.78 is 5.83. The normalized spacial score (nSPS) is 16.6. The Morgan fingerprint density at radius 2 is 1.89 bits per heavy atom. The first-order valence-corrected chi connectivity index (χ1v) is 9.57. The summed E-state index contributed by atoms with van der Waals surface area (Å²) in [4.78, 5) is 26.6. The second kappa shape index (κ2) is 9.21. The van der Waals surface area contributed by atoms with Crippen LogP contribution in [-0.4, -0.2) is 35.8 Å². The molecule has 1 aliphatic heterocycles. The molecule has 27 heavy (non-hydrogen) atoms. The Balaban J connectivity index is 1.64. The third-order valence-corrected chi connectivity index (χ3v) is 4.61. The third kappa shape index (κ3) is 5.33. The average Bonchev–Trinajstić information content (AvgIpc) is 2.69. The van der Waals surface area contributed by atoms with E-state index < -0.39 is 0 Å². The van der Waals surface area contributed by atoms with Crippen molar-refractivity contribution in [1.29, 1.82) is 0 Å². The highest BCUT2D eigenvalue weighted by Gasteiger charge is 2.25. The van der Waals surface area contributed by atoms with Gasteiger partial charge in [-0.15, -0.1) is 0 Å². The van der Waals surface area contributed by atoms with E-state index in [1.165, 1.54) is 0 Å². The number of ether oxygens (including phenoxy) is 1. The van der Waals surface area contributed by atoms with Crippen molar-refractivity contribution in [2.24, 2.45) is 0 Å². The van der Waals surface area contributed by atoms with E-state index in [1.54, 1.807) is 12.1 Å². The first-order valence-electron chi connectivity index (χ1n) is 9.57. The summed E-state index contributed by atoms with van der Waals surface area (Å²) in [5.41, 5.74) is 0.601. The van der Waals surface area contributed by atoms with Crippen molar-refractivity contribution in [2.45, 2.75) is 38.6 Å². The lowest BCUT2D eigenvalue weighted by Gasteiger charge is -2.33. The maximum Gasteiger partial charge on any atom is 0.254 e. The number of nitrogens with one attached hydrogen (secondary N) is 1. The molecular formula is C22H26N2O3. The summed E-state index contributed by atoms with van der Waals surface area (Å²) in [5.74, 6) is 1.41. The maximum atomic E-state index is 12.9. The monoisotopic (exact) mass is 366 g/mol. The molecule has 1 saturated heterocycles. The second-order valence-corrected chi connectivity index (χ2v) is 6.85. The number of carbonyl (C=O) groups excluding carboxylic acids is 2. The van der Waals surface area contributed by atoms with Crippen LogP contribution in [0.4, 0.5) is 0 Å². The number of para-hydroxylation sites is 1. The fraction of sp³-hybridized carbons (Fsp3) is 0.364. The van der Waals surface area contributed by atoms with Gasteiger partial charge in [0.05, 0.1) is 0 Å². The number of hydrogen-bond donors (Lipinski definition) is 1. The molecule has 1 aliphatic rings. The number of rotatable bonds is 6. The number of benzene rings is 2. The molecule has 2 amide bonds. The molecule has 1 fully saturated rings. The van der Waals surface area contributed by atoms with Crippen molar-refractivity contribution in [1.82, 2.24) is 10.2 Å². The van der Waals surface area contributed by atoms with Gasteiger partial charge < -0.3 is 15.0 Å². The minimum Gasteiger partial charge on any atom is -0.457 e.